The molecule has 3 nitrogen and oxygen atoms in total. The Kier molecular flexibility index (Phi) is 5.47. The standard InChI is InChI=1S/C14H20BrNO2/c1-17-14-3-2-12(8-13(14)15)10-18-7-5-11-4-6-16-9-11/h2-3,8,11,16H,4-7,9-10H2,1H3. The molecule has 1 atom stereocenters. The van der Waals surface area contributed by atoms with Crippen LogP contribution in [0.2, 0.25) is 0 Å². The van der Waals surface area contributed by atoms with Gasteiger partial charge in [-0.15, -0.1) is 0 Å². The lowest BCUT2D eigenvalue weighted by molar-refractivity contribution is 0.109. The minimum absolute atomic E-state index is 0.669. The molecular weight excluding hydrogens is 294 g/mol. The smallest absolute Gasteiger partial charge is 0.133 e. The van der Waals surface area contributed by atoms with Gasteiger partial charge in [-0.3, -0.25) is 0 Å². The zero-order chi connectivity index (χ0) is 12.8. The Morgan fingerprint density at radius 2 is 2.33 bits per heavy atom. The van der Waals surface area contributed by atoms with Crippen molar-refractivity contribution in [3.63, 3.8) is 0 Å². The molecule has 1 aliphatic rings. The van der Waals surface area contributed by atoms with Crippen molar-refractivity contribution in [3.8, 4) is 5.75 Å². The van der Waals surface area contributed by atoms with Gasteiger partial charge in [-0.2, -0.15) is 0 Å². The zero-order valence-corrected chi connectivity index (χ0v) is 12.3. The first-order valence-corrected chi connectivity index (χ1v) is 7.20. The third kappa shape index (κ3) is 3.97. The van der Waals surface area contributed by atoms with Crippen LogP contribution >= 0.6 is 15.9 Å². The van der Waals surface area contributed by atoms with Crippen LogP contribution in [0.15, 0.2) is 22.7 Å². The molecule has 1 aromatic carbocycles. The van der Waals surface area contributed by atoms with E-state index in [2.05, 4.69) is 27.3 Å². The number of hydrogen-bond acceptors (Lipinski definition) is 3. The molecule has 0 aromatic heterocycles. The third-order valence-electron chi connectivity index (χ3n) is 3.32. The van der Waals surface area contributed by atoms with E-state index in [9.17, 15) is 0 Å². The summed E-state index contributed by atoms with van der Waals surface area (Å²) in [7, 11) is 1.67. The second-order valence-electron chi connectivity index (χ2n) is 4.67. The number of benzene rings is 1. The molecule has 1 aliphatic heterocycles. The monoisotopic (exact) mass is 313 g/mol. The molecular formula is C14H20BrNO2. The molecule has 18 heavy (non-hydrogen) atoms. The summed E-state index contributed by atoms with van der Waals surface area (Å²) in [4.78, 5) is 0. The van der Waals surface area contributed by atoms with E-state index in [1.54, 1.807) is 7.11 Å². The lowest BCUT2D eigenvalue weighted by Gasteiger charge is -2.10. The molecule has 0 spiro atoms. The maximum Gasteiger partial charge on any atom is 0.133 e. The molecule has 100 valence electrons. The highest BCUT2D eigenvalue weighted by molar-refractivity contribution is 9.10. The first-order valence-electron chi connectivity index (χ1n) is 6.40. The van der Waals surface area contributed by atoms with Gasteiger partial charge in [-0.05, 0) is 65.5 Å². The van der Waals surface area contributed by atoms with Gasteiger partial charge >= 0.3 is 0 Å². The van der Waals surface area contributed by atoms with E-state index in [0.29, 0.717) is 6.61 Å². The van der Waals surface area contributed by atoms with E-state index < -0.39 is 0 Å². The molecule has 2 rings (SSSR count). The third-order valence-corrected chi connectivity index (χ3v) is 3.94. The van der Waals surface area contributed by atoms with Gasteiger partial charge in [-0.1, -0.05) is 6.07 Å². The number of rotatable bonds is 6. The van der Waals surface area contributed by atoms with Crippen LogP contribution in [0.3, 0.4) is 0 Å². The van der Waals surface area contributed by atoms with Crippen molar-refractivity contribution in [2.24, 2.45) is 5.92 Å². The first-order chi connectivity index (χ1) is 8.79. The molecule has 1 aromatic rings. The van der Waals surface area contributed by atoms with E-state index in [1.165, 1.54) is 12.0 Å². The molecule has 1 unspecified atom stereocenters. The van der Waals surface area contributed by atoms with Crippen LogP contribution in [0.4, 0.5) is 0 Å². The van der Waals surface area contributed by atoms with E-state index >= 15 is 0 Å². The Bertz CT molecular complexity index is 378. The molecule has 0 bridgehead atoms. The molecule has 1 saturated heterocycles. The Morgan fingerprint density at radius 3 is 3.00 bits per heavy atom. The minimum atomic E-state index is 0.669. The topological polar surface area (TPSA) is 30.5 Å². The predicted molar refractivity (Wildman–Crippen MR) is 75.9 cm³/mol. The Balaban J connectivity index is 1.71. The number of halogens is 1. The van der Waals surface area contributed by atoms with E-state index in [0.717, 1.165) is 42.3 Å². The highest BCUT2D eigenvalue weighted by Gasteiger charge is 2.13. The van der Waals surface area contributed by atoms with Gasteiger partial charge < -0.3 is 14.8 Å². The summed E-state index contributed by atoms with van der Waals surface area (Å²) in [6.07, 6.45) is 2.45. The van der Waals surface area contributed by atoms with Crippen molar-refractivity contribution in [1.29, 1.82) is 0 Å². The maximum atomic E-state index is 5.72. The molecule has 1 N–H and O–H groups in total. The van der Waals surface area contributed by atoms with Crippen molar-refractivity contribution in [3.05, 3.63) is 28.2 Å². The van der Waals surface area contributed by atoms with Crippen molar-refractivity contribution in [1.82, 2.24) is 5.32 Å². The summed E-state index contributed by atoms with van der Waals surface area (Å²) in [6.45, 7) is 3.83. The minimum Gasteiger partial charge on any atom is -0.496 e. The zero-order valence-electron chi connectivity index (χ0n) is 10.7. The maximum absolute atomic E-state index is 5.72. The highest BCUT2D eigenvalue weighted by Crippen LogP contribution is 2.25. The van der Waals surface area contributed by atoms with E-state index in [1.807, 2.05) is 12.1 Å². The second-order valence-corrected chi connectivity index (χ2v) is 5.52. The summed E-state index contributed by atoms with van der Waals surface area (Å²) in [5.74, 6) is 1.66. The van der Waals surface area contributed by atoms with Crippen LogP contribution in [-0.2, 0) is 11.3 Å². The van der Waals surface area contributed by atoms with Gasteiger partial charge in [0, 0.05) is 6.61 Å². The molecule has 4 heteroatoms. The average Bonchev–Trinajstić information content (AvgIpc) is 2.88. The normalized spacial score (nSPS) is 19.1. The summed E-state index contributed by atoms with van der Waals surface area (Å²) < 4.78 is 11.9. The van der Waals surface area contributed by atoms with Crippen LogP contribution in [-0.4, -0.2) is 26.8 Å². The highest BCUT2D eigenvalue weighted by atomic mass is 79.9. The van der Waals surface area contributed by atoms with Crippen molar-refractivity contribution < 1.29 is 9.47 Å². The van der Waals surface area contributed by atoms with Crippen LogP contribution in [0.25, 0.3) is 0 Å². The van der Waals surface area contributed by atoms with E-state index in [-0.39, 0.29) is 0 Å². The van der Waals surface area contributed by atoms with E-state index in [4.69, 9.17) is 9.47 Å². The predicted octanol–water partition coefficient (Wildman–Crippen LogP) is 2.97. The van der Waals surface area contributed by atoms with Gasteiger partial charge in [0.15, 0.2) is 0 Å². The van der Waals surface area contributed by atoms with Crippen LogP contribution in [0, 0.1) is 5.92 Å². The fourth-order valence-corrected chi connectivity index (χ4v) is 2.79. The summed E-state index contributed by atoms with van der Waals surface area (Å²) in [5.41, 5.74) is 1.17. The van der Waals surface area contributed by atoms with Gasteiger partial charge in [0.2, 0.25) is 0 Å². The van der Waals surface area contributed by atoms with Crippen molar-refractivity contribution in [2.45, 2.75) is 19.4 Å². The fourth-order valence-electron chi connectivity index (χ4n) is 2.20. The molecule has 0 amide bonds. The number of nitrogens with one attached hydrogen (secondary N) is 1. The van der Waals surface area contributed by atoms with Gasteiger partial charge in [-0.25, -0.2) is 0 Å². The summed E-state index contributed by atoms with van der Waals surface area (Å²) in [5, 5.41) is 3.38. The second kappa shape index (κ2) is 7.12. The summed E-state index contributed by atoms with van der Waals surface area (Å²) in [6, 6.07) is 6.06. The number of hydrogen-bond donors (Lipinski definition) is 1. The SMILES string of the molecule is COc1ccc(COCCC2CCNC2)cc1Br. The Morgan fingerprint density at radius 1 is 1.44 bits per heavy atom. The lowest BCUT2D eigenvalue weighted by Crippen LogP contribution is -2.10. The largest absolute Gasteiger partial charge is 0.496 e. The Hall–Kier alpha value is -0.580. The van der Waals surface area contributed by atoms with Crippen LogP contribution in [0.1, 0.15) is 18.4 Å². The Labute approximate surface area is 117 Å². The number of ether oxygens (including phenoxy) is 2. The summed E-state index contributed by atoms with van der Waals surface area (Å²) >= 11 is 3.48. The lowest BCUT2D eigenvalue weighted by atomic mass is 10.1. The molecule has 1 fully saturated rings. The average molecular weight is 314 g/mol. The fraction of sp³-hybridized carbons (Fsp3) is 0.571. The van der Waals surface area contributed by atoms with Gasteiger partial charge in [0.25, 0.3) is 0 Å². The van der Waals surface area contributed by atoms with Crippen LogP contribution < -0.4 is 10.1 Å². The molecule has 0 radical (unpaired) electrons. The molecule has 0 saturated carbocycles. The molecule has 0 aliphatic carbocycles. The van der Waals surface area contributed by atoms with Gasteiger partial charge in [0.1, 0.15) is 5.75 Å². The van der Waals surface area contributed by atoms with Crippen LogP contribution in [0.5, 0.6) is 5.75 Å². The number of methoxy groups -OCH3 is 1. The first kappa shape index (κ1) is 13.8. The van der Waals surface area contributed by atoms with Gasteiger partial charge in [0.05, 0.1) is 18.2 Å². The quantitative estimate of drug-likeness (QED) is 0.819. The van der Waals surface area contributed by atoms with Crippen molar-refractivity contribution >= 4 is 15.9 Å². The molecule has 1 heterocycles. The van der Waals surface area contributed by atoms with Crippen molar-refractivity contribution in [2.75, 3.05) is 26.8 Å².